The molecule has 0 aromatic heterocycles. The standard InChI is InChI=1S/C17H26N2O2/c1-13(2)15-6-4-14(5-7-15)10-16(21)19-17(12-20)8-3-9-18-11-17/h4-7,13,18,20H,3,8-12H2,1-2H3,(H,19,21). The van der Waals surface area contributed by atoms with Crippen molar-refractivity contribution in [2.75, 3.05) is 19.7 Å². The van der Waals surface area contributed by atoms with Gasteiger partial charge in [-0.15, -0.1) is 0 Å². The summed E-state index contributed by atoms with van der Waals surface area (Å²) in [7, 11) is 0. The maximum absolute atomic E-state index is 12.2. The number of nitrogens with one attached hydrogen (secondary N) is 2. The van der Waals surface area contributed by atoms with Crippen molar-refractivity contribution in [3.8, 4) is 0 Å². The summed E-state index contributed by atoms with van der Waals surface area (Å²) < 4.78 is 0. The van der Waals surface area contributed by atoms with Crippen LogP contribution in [0.1, 0.15) is 43.7 Å². The molecule has 4 heteroatoms. The van der Waals surface area contributed by atoms with Crippen LogP contribution in [-0.4, -0.2) is 36.2 Å². The zero-order chi connectivity index (χ0) is 15.3. The molecule has 1 fully saturated rings. The van der Waals surface area contributed by atoms with Crippen LogP contribution in [0.2, 0.25) is 0 Å². The first kappa shape index (κ1) is 16.0. The van der Waals surface area contributed by atoms with Gasteiger partial charge in [0.25, 0.3) is 0 Å². The summed E-state index contributed by atoms with van der Waals surface area (Å²) in [6.07, 6.45) is 2.17. The smallest absolute Gasteiger partial charge is 0.224 e. The molecule has 0 bridgehead atoms. The van der Waals surface area contributed by atoms with Crippen molar-refractivity contribution in [1.29, 1.82) is 0 Å². The summed E-state index contributed by atoms with van der Waals surface area (Å²) in [6.45, 7) is 5.89. The molecule has 3 N–H and O–H groups in total. The molecule has 0 saturated carbocycles. The second-order valence-corrected chi connectivity index (χ2v) is 6.34. The van der Waals surface area contributed by atoms with E-state index in [-0.39, 0.29) is 12.5 Å². The first-order valence-corrected chi connectivity index (χ1v) is 7.76. The fourth-order valence-electron chi connectivity index (χ4n) is 2.79. The minimum Gasteiger partial charge on any atom is -0.394 e. The van der Waals surface area contributed by atoms with Crippen molar-refractivity contribution >= 4 is 5.91 Å². The Balaban J connectivity index is 1.94. The number of piperidine rings is 1. The van der Waals surface area contributed by atoms with Gasteiger partial charge in [0, 0.05) is 6.54 Å². The predicted molar refractivity (Wildman–Crippen MR) is 84.3 cm³/mol. The quantitative estimate of drug-likeness (QED) is 0.771. The molecule has 4 nitrogen and oxygen atoms in total. The van der Waals surface area contributed by atoms with Crippen molar-refractivity contribution in [1.82, 2.24) is 10.6 Å². The third-order valence-corrected chi connectivity index (χ3v) is 4.19. The van der Waals surface area contributed by atoms with Crippen LogP contribution in [0.3, 0.4) is 0 Å². The van der Waals surface area contributed by atoms with Crippen molar-refractivity contribution in [3.63, 3.8) is 0 Å². The number of aliphatic hydroxyl groups is 1. The molecule has 21 heavy (non-hydrogen) atoms. The number of hydrogen-bond donors (Lipinski definition) is 3. The van der Waals surface area contributed by atoms with Crippen molar-refractivity contribution in [3.05, 3.63) is 35.4 Å². The lowest BCUT2D eigenvalue weighted by Gasteiger charge is -2.36. The molecule has 1 amide bonds. The Morgan fingerprint density at radius 3 is 2.62 bits per heavy atom. The SMILES string of the molecule is CC(C)c1ccc(CC(=O)NC2(CO)CCCNC2)cc1. The monoisotopic (exact) mass is 290 g/mol. The molecule has 1 aromatic carbocycles. The van der Waals surface area contributed by atoms with Crippen LogP contribution in [0.25, 0.3) is 0 Å². The number of carbonyl (C=O) groups excluding carboxylic acids is 1. The summed E-state index contributed by atoms with van der Waals surface area (Å²) in [6, 6.07) is 8.19. The zero-order valence-electron chi connectivity index (χ0n) is 13.0. The van der Waals surface area contributed by atoms with Crippen LogP contribution < -0.4 is 10.6 Å². The Bertz CT molecular complexity index is 462. The number of hydrogen-bond acceptors (Lipinski definition) is 3. The van der Waals surface area contributed by atoms with E-state index in [1.807, 2.05) is 12.1 Å². The minimum absolute atomic E-state index is 0.0158. The summed E-state index contributed by atoms with van der Waals surface area (Å²) in [5, 5.41) is 15.9. The van der Waals surface area contributed by atoms with Crippen LogP contribution in [0, 0.1) is 0 Å². The van der Waals surface area contributed by atoms with Gasteiger partial charge >= 0.3 is 0 Å². The van der Waals surface area contributed by atoms with E-state index in [1.165, 1.54) is 5.56 Å². The van der Waals surface area contributed by atoms with Crippen LogP contribution in [-0.2, 0) is 11.2 Å². The maximum atomic E-state index is 12.2. The molecule has 1 aliphatic heterocycles. The number of aliphatic hydroxyl groups excluding tert-OH is 1. The largest absolute Gasteiger partial charge is 0.394 e. The Kier molecular flexibility index (Phi) is 5.37. The highest BCUT2D eigenvalue weighted by Gasteiger charge is 2.32. The highest BCUT2D eigenvalue weighted by molar-refractivity contribution is 5.79. The molecule has 0 aliphatic carbocycles. The molecular formula is C17H26N2O2. The van der Waals surface area contributed by atoms with Gasteiger partial charge in [0.1, 0.15) is 0 Å². The number of amides is 1. The molecule has 1 saturated heterocycles. The Morgan fingerprint density at radius 1 is 1.38 bits per heavy atom. The van der Waals surface area contributed by atoms with Crippen LogP contribution in [0.4, 0.5) is 0 Å². The summed E-state index contributed by atoms with van der Waals surface area (Å²) in [5.41, 5.74) is 1.80. The number of rotatable bonds is 5. The van der Waals surface area contributed by atoms with E-state index in [1.54, 1.807) is 0 Å². The summed E-state index contributed by atoms with van der Waals surface area (Å²) in [5.74, 6) is 0.476. The fraction of sp³-hybridized carbons (Fsp3) is 0.588. The normalized spacial score (nSPS) is 22.3. The molecule has 116 valence electrons. The fourth-order valence-corrected chi connectivity index (χ4v) is 2.79. The first-order chi connectivity index (χ1) is 10.0. The molecule has 1 aliphatic rings. The predicted octanol–water partition coefficient (Wildman–Crippen LogP) is 1.58. The molecule has 1 aromatic rings. The highest BCUT2D eigenvalue weighted by Crippen LogP contribution is 2.17. The molecule has 0 spiro atoms. The van der Waals surface area contributed by atoms with E-state index in [2.05, 4.69) is 36.6 Å². The second kappa shape index (κ2) is 7.05. The van der Waals surface area contributed by atoms with Crippen molar-refractivity contribution in [2.45, 2.75) is 44.6 Å². The summed E-state index contributed by atoms with van der Waals surface area (Å²) in [4.78, 5) is 12.2. The first-order valence-electron chi connectivity index (χ1n) is 7.76. The Hall–Kier alpha value is -1.39. The van der Waals surface area contributed by atoms with E-state index in [0.29, 0.717) is 18.9 Å². The second-order valence-electron chi connectivity index (χ2n) is 6.34. The van der Waals surface area contributed by atoms with Gasteiger partial charge in [0.05, 0.1) is 18.6 Å². The van der Waals surface area contributed by atoms with Crippen LogP contribution >= 0.6 is 0 Å². The molecule has 0 radical (unpaired) electrons. The molecule has 1 atom stereocenters. The molecule has 2 rings (SSSR count). The lowest BCUT2D eigenvalue weighted by molar-refractivity contribution is -0.123. The average molecular weight is 290 g/mol. The van der Waals surface area contributed by atoms with E-state index in [0.717, 1.165) is 24.9 Å². The summed E-state index contributed by atoms with van der Waals surface area (Å²) >= 11 is 0. The average Bonchev–Trinajstić information content (AvgIpc) is 2.48. The van der Waals surface area contributed by atoms with Gasteiger partial charge in [-0.2, -0.15) is 0 Å². The minimum atomic E-state index is -0.493. The van der Waals surface area contributed by atoms with Crippen molar-refractivity contribution < 1.29 is 9.90 Å². The Morgan fingerprint density at radius 2 is 2.10 bits per heavy atom. The number of carbonyl (C=O) groups is 1. The zero-order valence-corrected chi connectivity index (χ0v) is 13.0. The van der Waals surface area contributed by atoms with Crippen molar-refractivity contribution in [2.24, 2.45) is 0 Å². The lowest BCUT2D eigenvalue weighted by atomic mass is 9.90. The lowest BCUT2D eigenvalue weighted by Crippen LogP contribution is -2.60. The third kappa shape index (κ3) is 4.29. The van der Waals surface area contributed by atoms with Gasteiger partial charge in [0.2, 0.25) is 5.91 Å². The van der Waals surface area contributed by atoms with Gasteiger partial charge < -0.3 is 15.7 Å². The number of benzene rings is 1. The van der Waals surface area contributed by atoms with Crippen LogP contribution in [0.5, 0.6) is 0 Å². The maximum Gasteiger partial charge on any atom is 0.224 e. The van der Waals surface area contributed by atoms with E-state index in [4.69, 9.17) is 0 Å². The van der Waals surface area contributed by atoms with Gasteiger partial charge in [-0.1, -0.05) is 38.1 Å². The van der Waals surface area contributed by atoms with Gasteiger partial charge in [-0.25, -0.2) is 0 Å². The molecular weight excluding hydrogens is 264 g/mol. The third-order valence-electron chi connectivity index (χ3n) is 4.19. The van der Waals surface area contributed by atoms with Gasteiger partial charge in [0.15, 0.2) is 0 Å². The highest BCUT2D eigenvalue weighted by atomic mass is 16.3. The van der Waals surface area contributed by atoms with E-state index >= 15 is 0 Å². The van der Waals surface area contributed by atoms with E-state index in [9.17, 15) is 9.90 Å². The van der Waals surface area contributed by atoms with Gasteiger partial charge in [-0.3, -0.25) is 4.79 Å². The molecule has 1 heterocycles. The topological polar surface area (TPSA) is 61.4 Å². The Labute approximate surface area is 126 Å². The van der Waals surface area contributed by atoms with Crippen LogP contribution in [0.15, 0.2) is 24.3 Å². The van der Waals surface area contributed by atoms with Gasteiger partial charge in [-0.05, 0) is 36.4 Å². The molecule has 1 unspecified atom stereocenters. The van der Waals surface area contributed by atoms with E-state index < -0.39 is 5.54 Å².